The van der Waals surface area contributed by atoms with E-state index in [0.29, 0.717) is 0 Å². The predicted octanol–water partition coefficient (Wildman–Crippen LogP) is 0.846. The van der Waals surface area contributed by atoms with Crippen LogP contribution in [0.2, 0.25) is 0 Å². The number of rotatable bonds is 2. The van der Waals surface area contributed by atoms with Crippen molar-refractivity contribution in [3.63, 3.8) is 0 Å². The van der Waals surface area contributed by atoms with Gasteiger partial charge in [-0.05, 0) is 0 Å². The summed E-state index contributed by atoms with van der Waals surface area (Å²) in [5.41, 5.74) is 4.89. The lowest BCUT2D eigenvalue weighted by Crippen LogP contribution is -2.17. The van der Waals surface area contributed by atoms with Gasteiger partial charge in [0.15, 0.2) is 0 Å². The first-order valence-corrected chi connectivity index (χ1v) is 2.16. The molecule has 0 fully saturated rings. The lowest BCUT2D eigenvalue weighted by Gasteiger charge is -2.03. The molecule has 0 aromatic heterocycles. The van der Waals surface area contributed by atoms with E-state index in [1.54, 1.807) is 0 Å². The molecule has 1 atom stereocenters. The average Bonchev–Trinajstić information content (AvgIpc) is 1.65. The minimum Gasteiger partial charge on any atom is -0.330 e. The van der Waals surface area contributed by atoms with Gasteiger partial charge in [0.2, 0.25) is 6.43 Å². The quantitative estimate of drug-likeness (QED) is 0.558. The van der Waals surface area contributed by atoms with Crippen LogP contribution in [0.3, 0.4) is 0 Å². The first-order valence-electron chi connectivity index (χ1n) is 2.16. The molecule has 1 nitrogen and oxygen atoms in total. The Morgan fingerprint density at radius 3 is 2.00 bits per heavy atom. The van der Waals surface area contributed by atoms with E-state index in [4.69, 9.17) is 5.73 Å². The summed E-state index contributed by atoms with van der Waals surface area (Å²) in [7, 11) is 0. The molecule has 0 aromatic rings. The van der Waals surface area contributed by atoms with Gasteiger partial charge in [0, 0.05) is 12.5 Å². The summed E-state index contributed by atoms with van der Waals surface area (Å²) in [6, 6.07) is 0. The largest absolute Gasteiger partial charge is 0.330 e. The number of halogens is 2. The van der Waals surface area contributed by atoms with Gasteiger partial charge in [0.25, 0.3) is 0 Å². The van der Waals surface area contributed by atoms with Gasteiger partial charge in [-0.25, -0.2) is 8.78 Å². The molecule has 0 aromatic carbocycles. The smallest absolute Gasteiger partial charge is 0.242 e. The molecule has 7 heavy (non-hydrogen) atoms. The van der Waals surface area contributed by atoms with Crippen molar-refractivity contribution in [3.8, 4) is 0 Å². The van der Waals surface area contributed by atoms with Crippen molar-refractivity contribution in [2.45, 2.75) is 13.3 Å². The van der Waals surface area contributed by atoms with Crippen molar-refractivity contribution in [3.05, 3.63) is 0 Å². The minimum absolute atomic E-state index is 0.0671. The lowest BCUT2D eigenvalue weighted by atomic mass is 10.2. The highest BCUT2D eigenvalue weighted by Gasteiger charge is 2.10. The van der Waals surface area contributed by atoms with Gasteiger partial charge in [0.05, 0.1) is 0 Å². The number of hydrogen-bond acceptors (Lipinski definition) is 1. The van der Waals surface area contributed by atoms with Crippen molar-refractivity contribution in [1.82, 2.24) is 0 Å². The third-order valence-electron chi connectivity index (χ3n) is 0.802. The summed E-state index contributed by atoms with van der Waals surface area (Å²) in [5.74, 6) is -0.653. The molecule has 0 heterocycles. The summed E-state index contributed by atoms with van der Waals surface area (Å²) in [6.07, 6.45) is -2.26. The van der Waals surface area contributed by atoms with Crippen LogP contribution < -0.4 is 5.73 Å². The van der Waals surface area contributed by atoms with Crippen LogP contribution in [-0.2, 0) is 0 Å². The fraction of sp³-hybridized carbons (Fsp3) is 1.00. The SMILES string of the molecule is CC(CN)C(F)F. The Bertz CT molecular complexity index is 47.0. The highest BCUT2D eigenvalue weighted by Crippen LogP contribution is 2.04. The molecule has 0 aliphatic heterocycles. The first-order chi connectivity index (χ1) is 3.18. The van der Waals surface area contributed by atoms with Crippen molar-refractivity contribution in [2.24, 2.45) is 11.7 Å². The van der Waals surface area contributed by atoms with E-state index in [0.717, 1.165) is 0 Å². The maximum atomic E-state index is 11.3. The molecule has 2 N–H and O–H groups in total. The van der Waals surface area contributed by atoms with Gasteiger partial charge in [-0.3, -0.25) is 0 Å². The maximum Gasteiger partial charge on any atom is 0.242 e. The number of nitrogens with two attached hydrogens (primary N) is 1. The van der Waals surface area contributed by atoms with Gasteiger partial charge in [-0.2, -0.15) is 0 Å². The molecule has 0 aliphatic rings. The van der Waals surface area contributed by atoms with E-state index >= 15 is 0 Å². The van der Waals surface area contributed by atoms with E-state index < -0.39 is 12.3 Å². The van der Waals surface area contributed by atoms with E-state index in [1.807, 2.05) is 0 Å². The van der Waals surface area contributed by atoms with Crippen molar-refractivity contribution < 1.29 is 8.78 Å². The second-order valence-electron chi connectivity index (χ2n) is 1.55. The number of alkyl halides is 2. The zero-order valence-electron chi connectivity index (χ0n) is 4.20. The van der Waals surface area contributed by atoms with Crippen molar-refractivity contribution >= 4 is 0 Å². The molecular formula is C4H9F2N. The van der Waals surface area contributed by atoms with Crippen molar-refractivity contribution in [2.75, 3.05) is 6.54 Å². The van der Waals surface area contributed by atoms with Crippen LogP contribution in [0.15, 0.2) is 0 Å². The lowest BCUT2D eigenvalue weighted by molar-refractivity contribution is 0.0906. The standard InChI is InChI=1S/C4H9F2N/c1-3(2-7)4(5)6/h3-4H,2,7H2,1H3. The summed E-state index contributed by atoms with van der Waals surface area (Å²) in [4.78, 5) is 0. The zero-order chi connectivity index (χ0) is 5.86. The Balaban J connectivity index is 3.14. The average molecular weight is 109 g/mol. The molecule has 1 unspecified atom stereocenters. The Morgan fingerprint density at radius 2 is 2.00 bits per heavy atom. The molecule has 0 radical (unpaired) electrons. The van der Waals surface area contributed by atoms with Crippen LogP contribution in [0.5, 0.6) is 0 Å². The molecule has 0 saturated carbocycles. The second-order valence-corrected chi connectivity index (χ2v) is 1.55. The molecule has 0 amide bonds. The van der Waals surface area contributed by atoms with E-state index in [1.165, 1.54) is 6.92 Å². The highest BCUT2D eigenvalue weighted by atomic mass is 19.3. The molecule has 0 bridgehead atoms. The molecule has 0 aliphatic carbocycles. The normalized spacial score (nSPS) is 15.0. The molecule has 0 spiro atoms. The second kappa shape index (κ2) is 2.91. The fourth-order valence-corrected chi connectivity index (χ4v) is 0.103. The third kappa shape index (κ3) is 2.51. The Hall–Kier alpha value is -0.180. The van der Waals surface area contributed by atoms with E-state index in [-0.39, 0.29) is 6.54 Å². The molecule has 44 valence electrons. The molecule has 0 rings (SSSR count). The maximum absolute atomic E-state index is 11.3. The first kappa shape index (κ1) is 6.82. The van der Waals surface area contributed by atoms with Gasteiger partial charge < -0.3 is 5.73 Å². The van der Waals surface area contributed by atoms with Gasteiger partial charge >= 0.3 is 0 Å². The minimum atomic E-state index is -2.26. The predicted molar refractivity (Wildman–Crippen MR) is 24.2 cm³/mol. The highest BCUT2D eigenvalue weighted by molar-refractivity contribution is 4.52. The Morgan fingerprint density at radius 1 is 1.57 bits per heavy atom. The van der Waals surface area contributed by atoms with Crippen LogP contribution in [0.4, 0.5) is 8.78 Å². The van der Waals surface area contributed by atoms with Gasteiger partial charge in [-0.15, -0.1) is 0 Å². The summed E-state index contributed by atoms with van der Waals surface area (Å²) >= 11 is 0. The monoisotopic (exact) mass is 109 g/mol. The molecule has 3 heteroatoms. The van der Waals surface area contributed by atoms with E-state index in [9.17, 15) is 8.78 Å². The number of hydrogen-bond donors (Lipinski definition) is 1. The summed E-state index contributed by atoms with van der Waals surface area (Å²) in [6.45, 7) is 1.49. The molecule has 0 saturated heterocycles. The fourth-order valence-electron chi connectivity index (χ4n) is 0.103. The van der Waals surface area contributed by atoms with Crippen LogP contribution in [0.25, 0.3) is 0 Å². The van der Waals surface area contributed by atoms with Crippen LogP contribution >= 0.6 is 0 Å². The van der Waals surface area contributed by atoms with Gasteiger partial charge in [0.1, 0.15) is 0 Å². The van der Waals surface area contributed by atoms with Crippen LogP contribution in [-0.4, -0.2) is 13.0 Å². The molecular weight excluding hydrogens is 100 g/mol. The van der Waals surface area contributed by atoms with Crippen LogP contribution in [0.1, 0.15) is 6.92 Å². The topological polar surface area (TPSA) is 26.0 Å². The van der Waals surface area contributed by atoms with Gasteiger partial charge in [-0.1, -0.05) is 6.92 Å². The van der Waals surface area contributed by atoms with Crippen molar-refractivity contribution in [1.29, 1.82) is 0 Å². The Labute approximate surface area is 41.5 Å². The third-order valence-corrected chi connectivity index (χ3v) is 0.802. The zero-order valence-corrected chi connectivity index (χ0v) is 4.20. The van der Waals surface area contributed by atoms with E-state index in [2.05, 4.69) is 0 Å². The Kier molecular flexibility index (Phi) is 2.83. The van der Waals surface area contributed by atoms with Crippen LogP contribution in [0, 0.1) is 5.92 Å². The summed E-state index contributed by atoms with van der Waals surface area (Å²) in [5, 5.41) is 0. The summed E-state index contributed by atoms with van der Waals surface area (Å²) < 4.78 is 22.7.